The van der Waals surface area contributed by atoms with Gasteiger partial charge in [-0.3, -0.25) is 14.5 Å². The summed E-state index contributed by atoms with van der Waals surface area (Å²) in [5.74, 6) is -0.195. The zero-order chi connectivity index (χ0) is 14.8. The normalized spacial score (nSPS) is 22.1. The monoisotopic (exact) mass is 270 g/mol. The van der Waals surface area contributed by atoms with Crippen LogP contribution in [-0.4, -0.2) is 60.0 Å². The number of hydrogen-bond donors (Lipinski definition) is 0. The van der Waals surface area contributed by atoms with Crippen LogP contribution in [0.1, 0.15) is 40.5 Å². The summed E-state index contributed by atoms with van der Waals surface area (Å²) in [5, 5.41) is 0. The molecule has 5 heteroatoms. The summed E-state index contributed by atoms with van der Waals surface area (Å²) < 4.78 is 5.44. The lowest BCUT2D eigenvalue weighted by Crippen LogP contribution is -2.50. The second-order valence-electron chi connectivity index (χ2n) is 6.34. The van der Waals surface area contributed by atoms with Crippen molar-refractivity contribution < 1.29 is 14.3 Å². The molecule has 1 aliphatic heterocycles. The van der Waals surface area contributed by atoms with Crippen molar-refractivity contribution in [2.75, 3.05) is 20.6 Å². The molecule has 1 heterocycles. The predicted octanol–water partition coefficient (Wildman–Crippen LogP) is 1.27. The van der Waals surface area contributed by atoms with Crippen molar-refractivity contribution in [3.63, 3.8) is 0 Å². The van der Waals surface area contributed by atoms with Gasteiger partial charge in [-0.2, -0.15) is 0 Å². The first-order valence-electron chi connectivity index (χ1n) is 6.83. The van der Waals surface area contributed by atoms with E-state index in [4.69, 9.17) is 4.74 Å². The van der Waals surface area contributed by atoms with Gasteiger partial charge in [-0.1, -0.05) is 0 Å². The quantitative estimate of drug-likeness (QED) is 0.725. The molecule has 2 atom stereocenters. The molecule has 0 saturated carbocycles. The summed E-state index contributed by atoms with van der Waals surface area (Å²) in [6.07, 6.45) is 1.69. The molecule has 110 valence electrons. The summed E-state index contributed by atoms with van der Waals surface area (Å²) in [6.45, 7) is 8.20. The molecule has 0 radical (unpaired) electrons. The van der Waals surface area contributed by atoms with Gasteiger partial charge in [0.05, 0.1) is 6.04 Å². The topological polar surface area (TPSA) is 49.9 Å². The van der Waals surface area contributed by atoms with Gasteiger partial charge < -0.3 is 9.64 Å². The lowest BCUT2D eigenvalue weighted by molar-refractivity contribution is -0.161. The van der Waals surface area contributed by atoms with Gasteiger partial charge in [0, 0.05) is 14.1 Å². The molecule has 0 spiro atoms. The van der Waals surface area contributed by atoms with Gasteiger partial charge in [0.2, 0.25) is 5.91 Å². The predicted molar refractivity (Wildman–Crippen MR) is 73.7 cm³/mol. The molecule has 0 aromatic heterocycles. The van der Waals surface area contributed by atoms with Crippen molar-refractivity contribution in [2.24, 2.45) is 0 Å². The van der Waals surface area contributed by atoms with Crippen LogP contribution in [0.2, 0.25) is 0 Å². The molecule has 0 aromatic carbocycles. The van der Waals surface area contributed by atoms with Gasteiger partial charge in [0.15, 0.2) is 0 Å². The van der Waals surface area contributed by atoms with Crippen LogP contribution in [0.3, 0.4) is 0 Å². The van der Waals surface area contributed by atoms with E-state index in [-0.39, 0.29) is 24.0 Å². The molecule has 1 fully saturated rings. The molecular weight excluding hydrogens is 244 g/mol. The van der Waals surface area contributed by atoms with Gasteiger partial charge in [-0.15, -0.1) is 0 Å². The fourth-order valence-corrected chi connectivity index (χ4v) is 2.39. The third-order valence-corrected chi connectivity index (χ3v) is 3.27. The van der Waals surface area contributed by atoms with Gasteiger partial charge in [-0.05, 0) is 47.1 Å². The Morgan fingerprint density at radius 2 is 1.89 bits per heavy atom. The van der Waals surface area contributed by atoms with E-state index in [1.165, 1.54) is 0 Å². The number of likely N-dealkylation sites (N-methyl/N-ethyl adjacent to an activating group) is 1. The Morgan fingerprint density at radius 3 is 2.37 bits per heavy atom. The Kier molecular flexibility index (Phi) is 4.96. The average molecular weight is 270 g/mol. The highest BCUT2D eigenvalue weighted by molar-refractivity contribution is 5.83. The van der Waals surface area contributed by atoms with Gasteiger partial charge in [-0.25, -0.2) is 0 Å². The third-order valence-electron chi connectivity index (χ3n) is 3.27. The van der Waals surface area contributed by atoms with Crippen LogP contribution in [0.5, 0.6) is 0 Å². The van der Waals surface area contributed by atoms with Crippen LogP contribution in [0.15, 0.2) is 0 Å². The lowest BCUT2D eigenvalue weighted by Gasteiger charge is -2.31. The zero-order valence-corrected chi connectivity index (χ0v) is 12.9. The number of amides is 1. The largest absolute Gasteiger partial charge is 0.459 e. The van der Waals surface area contributed by atoms with E-state index >= 15 is 0 Å². The number of carbonyl (C=O) groups excluding carboxylic acids is 2. The van der Waals surface area contributed by atoms with Gasteiger partial charge in [0.25, 0.3) is 0 Å². The summed E-state index contributed by atoms with van der Waals surface area (Å²) >= 11 is 0. The Morgan fingerprint density at radius 1 is 1.32 bits per heavy atom. The maximum absolute atomic E-state index is 12.2. The maximum Gasteiger partial charge on any atom is 0.323 e. The second-order valence-corrected chi connectivity index (χ2v) is 6.34. The number of rotatable bonds is 3. The SMILES string of the molecule is CC(C(=O)N(C)C)N1CCC[C@@H]1C(=O)OC(C)(C)C. The first-order chi connectivity index (χ1) is 8.63. The van der Waals surface area contributed by atoms with Crippen molar-refractivity contribution in [1.82, 2.24) is 9.80 Å². The molecule has 1 aliphatic rings. The Balaban J connectivity index is 2.74. The second kappa shape index (κ2) is 5.90. The Labute approximate surface area is 115 Å². The molecule has 0 N–H and O–H groups in total. The fraction of sp³-hybridized carbons (Fsp3) is 0.857. The van der Waals surface area contributed by atoms with Crippen LogP contribution in [0.25, 0.3) is 0 Å². The molecule has 0 aromatic rings. The van der Waals surface area contributed by atoms with E-state index in [1.807, 2.05) is 32.6 Å². The Bertz CT molecular complexity index is 347. The highest BCUT2D eigenvalue weighted by atomic mass is 16.6. The highest BCUT2D eigenvalue weighted by Crippen LogP contribution is 2.23. The zero-order valence-electron chi connectivity index (χ0n) is 12.9. The minimum atomic E-state index is -0.486. The molecule has 19 heavy (non-hydrogen) atoms. The molecule has 1 amide bonds. The van der Waals surface area contributed by atoms with Gasteiger partial charge >= 0.3 is 5.97 Å². The first kappa shape index (κ1) is 16.0. The molecule has 1 rings (SSSR count). The van der Waals surface area contributed by atoms with Crippen LogP contribution >= 0.6 is 0 Å². The summed E-state index contributed by atoms with van der Waals surface area (Å²) in [5.41, 5.74) is -0.486. The summed E-state index contributed by atoms with van der Waals surface area (Å²) in [6, 6.07) is -0.576. The van der Waals surface area contributed by atoms with Crippen LogP contribution < -0.4 is 0 Å². The molecule has 5 nitrogen and oxygen atoms in total. The number of hydrogen-bond acceptors (Lipinski definition) is 4. The van der Waals surface area contributed by atoms with E-state index in [2.05, 4.69) is 0 Å². The minimum Gasteiger partial charge on any atom is -0.459 e. The fourth-order valence-electron chi connectivity index (χ4n) is 2.39. The Hall–Kier alpha value is -1.10. The van der Waals surface area contributed by atoms with Crippen molar-refractivity contribution in [1.29, 1.82) is 0 Å². The van der Waals surface area contributed by atoms with Crippen LogP contribution in [0, 0.1) is 0 Å². The average Bonchev–Trinajstić information content (AvgIpc) is 2.73. The van der Waals surface area contributed by atoms with E-state index in [9.17, 15) is 9.59 Å². The van der Waals surface area contributed by atoms with Crippen LogP contribution in [-0.2, 0) is 14.3 Å². The van der Waals surface area contributed by atoms with E-state index in [0.29, 0.717) is 0 Å². The summed E-state index contributed by atoms with van der Waals surface area (Å²) in [4.78, 5) is 27.7. The lowest BCUT2D eigenvalue weighted by atomic mass is 10.1. The van der Waals surface area contributed by atoms with Crippen molar-refractivity contribution in [3.8, 4) is 0 Å². The minimum absolute atomic E-state index is 0.0236. The smallest absolute Gasteiger partial charge is 0.323 e. The number of ether oxygens (including phenoxy) is 1. The van der Waals surface area contributed by atoms with E-state index < -0.39 is 5.60 Å². The molecular formula is C14H26N2O3. The number of carbonyl (C=O) groups is 2. The number of nitrogens with zero attached hydrogens (tertiary/aromatic N) is 2. The standard InChI is InChI=1S/C14H26N2O3/c1-10(12(17)15(5)6)16-9-7-8-11(16)13(18)19-14(2,3)4/h10-11H,7-9H2,1-6H3/t10?,11-/m1/s1. The van der Waals surface area contributed by atoms with Crippen LogP contribution in [0.4, 0.5) is 0 Å². The first-order valence-corrected chi connectivity index (χ1v) is 6.83. The van der Waals surface area contributed by atoms with Crippen molar-refractivity contribution in [3.05, 3.63) is 0 Å². The van der Waals surface area contributed by atoms with Crippen molar-refractivity contribution in [2.45, 2.75) is 58.2 Å². The molecule has 0 bridgehead atoms. The number of likely N-dealkylation sites (tertiary alicyclic amines) is 1. The molecule has 1 saturated heterocycles. The summed E-state index contributed by atoms with van der Waals surface area (Å²) in [7, 11) is 3.47. The molecule has 1 unspecified atom stereocenters. The van der Waals surface area contributed by atoms with Gasteiger partial charge in [0.1, 0.15) is 11.6 Å². The van der Waals surface area contributed by atoms with Crippen molar-refractivity contribution >= 4 is 11.9 Å². The number of esters is 1. The molecule has 0 aliphatic carbocycles. The van der Waals surface area contributed by atoms with E-state index in [1.54, 1.807) is 19.0 Å². The maximum atomic E-state index is 12.2. The van der Waals surface area contributed by atoms with E-state index in [0.717, 1.165) is 19.4 Å². The highest BCUT2D eigenvalue weighted by Gasteiger charge is 2.38. The third kappa shape index (κ3) is 4.20.